The second-order valence-corrected chi connectivity index (χ2v) is 6.32. The van der Waals surface area contributed by atoms with E-state index in [1.54, 1.807) is 6.07 Å². The third-order valence-corrected chi connectivity index (χ3v) is 2.88. The van der Waals surface area contributed by atoms with E-state index in [9.17, 15) is 0 Å². The van der Waals surface area contributed by atoms with Gasteiger partial charge in [0.15, 0.2) is 3.79 Å². The molecule has 0 bridgehead atoms. The summed E-state index contributed by atoms with van der Waals surface area (Å²) in [6.07, 6.45) is 0.272. The van der Waals surface area contributed by atoms with Crippen molar-refractivity contribution in [3.05, 3.63) is 33.3 Å². The molecule has 0 aromatic heterocycles. The van der Waals surface area contributed by atoms with E-state index in [4.69, 9.17) is 58.0 Å². The molecular weight excluding hydrogens is 285 g/mol. The molecule has 0 radical (unpaired) electrons. The first-order valence-electron chi connectivity index (χ1n) is 3.81. The molecular formula is C9H7Cl5. The fraction of sp³-hybridized carbons (Fsp3) is 0.333. The quantitative estimate of drug-likeness (QED) is 0.623. The molecule has 1 aromatic carbocycles. The zero-order valence-corrected chi connectivity index (χ0v) is 11.0. The minimum absolute atomic E-state index is 0.272. The summed E-state index contributed by atoms with van der Waals surface area (Å²) in [7, 11) is 0. The molecule has 0 nitrogen and oxygen atoms in total. The molecule has 1 rings (SSSR count). The van der Waals surface area contributed by atoms with Crippen molar-refractivity contribution in [2.45, 2.75) is 17.1 Å². The Balaban J connectivity index is 3.04. The van der Waals surface area contributed by atoms with Gasteiger partial charge in [-0.3, -0.25) is 0 Å². The Hall–Kier alpha value is 0.670. The predicted octanol–water partition coefficient (Wildman–Crippen LogP) is 5.21. The highest BCUT2D eigenvalue weighted by atomic mass is 35.6. The van der Waals surface area contributed by atoms with E-state index < -0.39 is 3.79 Å². The van der Waals surface area contributed by atoms with Gasteiger partial charge in [-0.25, -0.2) is 0 Å². The van der Waals surface area contributed by atoms with Crippen molar-refractivity contribution in [1.82, 2.24) is 0 Å². The molecule has 0 aliphatic heterocycles. The summed E-state index contributed by atoms with van der Waals surface area (Å²) in [5, 5.41) is 1.13. The van der Waals surface area contributed by atoms with Gasteiger partial charge in [0, 0.05) is 16.5 Å². The molecule has 0 fully saturated rings. The largest absolute Gasteiger partial charge is 0.194 e. The Bertz CT molecular complexity index is 340. The Morgan fingerprint density at radius 2 is 1.64 bits per heavy atom. The van der Waals surface area contributed by atoms with Crippen LogP contribution in [0.3, 0.4) is 0 Å². The zero-order valence-electron chi connectivity index (χ0n) is 7.25. The summed E-state index contributed by atoms with van der Waals surface area (Å²) in [4.78, 5) is 0. The lowest BCUT2D eigenvalue weighted by Crippen LogP contribution is -2.07. The normalized spacial score (nSPS) is 11.9. The first-order chi connectivity index (χ1) is 6.29. The highest BCUT2D eigenvalue weighted by Crippen LogP contribution is 2.34. The van der Waals surface area contributed by atoms with Crippen LogP contribution in [-0.2, 0) is 6.42 Å². The van der Waals surface area contributed by atoms with E-state index in [0.29, 0.717) is 10.0 Å². The van der Waals surface area contributed by atoms with Crippen LogP contribution in [-0.4, -0.2) is 3.79 Å². The second-order valence-electron chi connectivity index (χ2n) is 2.98. The average molecular weight is 292 g/mol. The summed E-state index contributed by atoms with van der Waals surface area (Å²) >= 11 is 28.8. The van der Waals surface area contributed by atoms with E-state index in [2.05, 4.69) is 0 Å². The van der Waals surface area contributed by atoms with Crippen molar-refractivity contribution in [1.29, 1.82) is 0 Å². The summed E-state index contributed by atoms with van der Waals surface area (Å²) in [6.45, 7) is 1.88. The molecule has 0 spiro atoms. The minimum Gasteiger partial charge on any atom is -0.0840 e. The fourth-order valence-corrected chi connectivity index (χ4v) is 1.95. The molecule has 0 amide bonds. The lowest BCUT2D eigenvalue weighted by molar-refractivity contribution is 1.02. The molecule has 0 saturated carbocycles. The van der Waals surface area contributed by atoms with Crippen LogP contribution in [0.4, 0.5) is 0 Å². The topological polar surface area (TPSA) is 0 Å². The third-order valence-electron chi connectivity index (χ3n) is 1.72. The van der Waals surface area contributed by atoms with Gasteiger partial charge < -0.3 is 0 Å². The molecule has 14 heavy (non-hydrogen) atoms. The van der Waals surface area contributed by atoms with Crippen LogP contribution in [0, 0.1) is 6.92 Å². The van der Waals surface area contributed by atoms with Crippen LogP contribution in [0.15, 0.2) is 12.1 Å². The molecule has 0 atom stereocenters. The maximum Gasteiger partial charge on any atom is 0.194 e. The Morgan fingerprint density at radius 1 is 1.07 bits per heavy atom. The van der Waals surface area contributed by atoms with Gasteiger partial charge in [-0.1, -0.05) is 64.1 Å². The van der Waals surface area contributed by atoms with Crippen LogP contribution < -0.4 is 0 Å². The lowest BCUT2D eigenvalue weighted by atomic mass is 10.1. The van der Waals surface area contributed by atoms with Gasteiger partial charge in [-0.2, -0.15) is 0 Å². The van der Waals surface area contributed by atoms with Crippen LogP contribution in [0.1, 0.15) is 11.1 Å². The van der Waals surface area contributed by atoms with E-state index in [1.165, 1.54) is 0 Å². The molecule has 78 valence electrons. The van der Waals surface area contributed by atoms with Gasteiger partial charge in [0.25, 0.3) is 0 Å². The molecule has 1 aromatic rings. The van der Waals surface area contributed by atoms with Crippen molar-refractivity contribution in [2.75, 3.05) is 0 Å². The van der Waals surface area contributed by atoms with Gasteiger partial charge in [-0.15, -0.1) is 0 Å². The van der Waals surface area contributed by atoms with Gasteiger partial charge in [0.05, 0.1) is 0 Å². The first-order valence-corrected chi connectivity index (χ1v) is 5.70. The number of halogens is 5. The molecule has 0 aliphatic carbocycles. The Labute approximate surface area is 108 Å². The smallest absolute Gasteiger partial charge is 0.0840 e. The number of alkyl halides is 3. The van der Waals surface area contributed by atoms with Gasteiger partial charge >= 0.3 is 0 Å². The summed E-state index contributed by atoms with van der Waals surface area (Å²) < 4.78 is -1.33. The predicted molar refractivity (Wildman–Crippen MR) is 65.2 cm³/mol. The molecule has 0 unspecified atom stereocenters. The minimum atomic E-state index is -1.33. The van der Waals surface area contributed by atoms with Crippen molar-refractivity contribution < 1.29 is 0 Å². The highest BCUT2D eigenvalue weighted by molar-refractivity contribution is 6.67. The molecule has 0 saturated heterocycles. The van der Waals surface area contributed by atoms with Crippen LogP contribution >= 0.6 is 58.0 Å². The molecule has 0 N–H and O–H groups in total. The van der Waals surface area contributed by atoms with E-state index in [-0.39, 0.29) is 6.42 Å². The number of hydrogen-bond donors (Lipinski definition) is 0. The summed E-state index contributed by atoms with van der Waals surface area (Å²) in [5.41, 5.74) is 1.70. The molecule has 0 heterocycles. The third kappa shape index (κ3) is 3.67. The SMILES string of the molecule is Cc1cc(CC(Cl)(Cl)Cl)c(Cl)cc1Cl. The average Bonchev–Trinajstić information content (AvgIpc) is 1.97. The molecule has 5 heteroatoms. The Kier molecular flexibility index (Phi) is 4.25. The van der Waals surface area contributed by atoms with Crippen molar-refractivity contribution in [3.63, 3.8) is 0 Å². The van der Waals surface area contributed by atoms with Crippen molar-refractivity contribution in [3.8, 4) is 0 Å². The monoisotopic (exact) mass is 290 g/mol. The van der Waals surface area contributed by atoms with Crippen molar-refractivity contribution >= 4 is 58.0 Å². The number of rotatable bonds is 1. The van der Waals surface area contributed by atoms with Crippen LogP contribution in [0.5, 0.6) is 0 Å². The second kappa shape index (κ2) is 4.67. The maximum absolute atomic E-state index is 5.95. The maximum atomic E-state index is 5.95. The Morgan fingerprint density at radius 3 is 2.14 bits per heavy atom. The van der Waals surface area contributed by atoms with E-state index in [1.807, 2.05) is 13.0 Å². The highest BCUT2D eigenvalue weighted by Gasteiger charge is 2.22. The van der Waals surface area contributed by atoms with Gasteiger partial charge in [0.2, 0.25) is 0 Å². The first kappa shape index (κ1) is 12.7. The van der Waals surface area contributed by atoms with Gasteiger partial charge in [-0.05, 0) is 24.1 Å². The van der Waals surface area contributed by atoms with Crippen LogP contribution in [0.2, 0.25) is 10.0 Å². The fourth-order valence-electron chi connectivity index (χ4n) is 1.07. The number of hydrogen-bond acceptors (Lipinski definition) is 0. The van der Waals surface area contributed by atoms with Gasteiger partial charge in [0.1, 0.15) is 0 Å². The lowest BCUT2D eigenvalue weighted by Gasteiger charge is -2.13. The number of benzene rings is 1. The zero-order chi connectivity index (χ0) is 10.9. The standard InChI is InChI=1S/C9H7Cl5/c1-5-2-6(4-9(12,13)14)8(11)3-7(5)10/h2-3H,4H2,1H3. The molecule has 0 aliphatic rings. The summed E-state index contributed by atoms with van der Waals surface area (Å²) in [5.74, 6) is 0. The van der Waals surface area contributed by atoms with E-state index in [0.717, 1.165) is 11.1 Å². The van der Waals surface area contributed by atoms with E-state index >= 15 is 0 Å². The number of aryl methyl sites for hydroxylation is 1. The summed E-state index contributed by atoms with van der Waals surface area (Å²) in [6, 6.07) is 3.48. The van der Waals surface area contributed by atoms with Crippen molar-refractivity contribution in [2.24, 2.45) is 0 Å². The van der Waals surface area contributed by atoms with Crippen LogP contribution in [0.25, 0.3) is 0 Å².